The van der Waals surface area contributed by atoms with E-state index in [0.717, 1.165) is 5.56 Å². The minimum absolute atomic E-state index is 0.0160. The molecule has 2 rings (SSSR count). The summed E-state index contributed by atoms with van der Waals surface area (Å²) >= 11 is 0. The van der Waals surface area contributed by atoms with Crippen molar-refractivity contribution in [3.63, 3.8) is 0 Å². The Morgan fingerprint density at radius 2 is 1.73 bits per heavy atom. The zero-order valence-electron chi connectivity index (χ0n) is 11.8. The second kappa shape index (κ2) is 6.46. The standard InChI is InChI=1S/C17H12N2O3/c1-12-2-6-14(7-3-12)17(20)15(11-18)10-13-4-8-16(9-5-13)19(21)22/h2-10H,1H3/b15-10+. The summed E-state index contributed by atoms with van der Waals surface area (Å²) in [5.41, 5.74) is 1.95. The SMILES string of the molecule is Cc1ccc(C(=O)/C(C#N)=C/c2ccc([N+](=O)[O-])cc2)cc1. The molecule has 0 radical (unpaired) electrons. The molecule has 0 aliphatic carbocycles. The van der Waals surface area contributed by atoms with Crippen molar-refractivity contribution in [1.29, 1.82) is 5.26 Å². The number of Topliss-reactive ketones (excluding diaryl/α,β-unsaturated/α-hetero) is 1. The number of non-ortho nitro benzene ring substituents is 1. The molecule has 5 nitrogen and oxygen atoms in total. The minimum Gasteiger partial charge on any atom is -0.288 e. The van der Waals surface area contributed by atoms with E-state index in [0.29, 0.717) is 11.1 Å². The lowest BCUT2D eigenvalue weighted by molar-refractivity contribution is -0.384. The third-order valence-electron chi connectivity index (χ3n) is 3.09. The summed E-state index contributed by atoms with van der Waals surface area (Å²) in [6.07, 6.45) is 1.42. The number of nitro benzene ring substituents is 1. The van der Waals surface area contributed by atoms with E-state index >= 15 is 0 Å². The molecule has 0 fully saturated rings. The van der Waals surface area contributed by atoms with Gasteiger partial charge in [-0.1, -0.05) is 29.8 Å². The highest BCUT2D eigenvalue weighted by Gasteiger charge is 2.12. The fourth-order valence-corrected chi connectivity index (χ4v) is 1.87. The number of nitrogens with zero attached hydrogens (tertiary/aromatic N) is 2. The molecule has 0 bridgehead atoms. The molecule has 0 N–H and O–H groups in total. The molecule has 2 aromatic carbocycles. The van der Waals surface area contributed by atoms with Gasteiger partial charge in [0.1, 0.15) is 11.6 Å². The molecule has 0 atom stereocenters. The number of allylic oxidation sites excluding steroid dienone is 1. The second-order valence-corrected chi connectivity index (χ2v) is 4.71. The molecule has 22 heavy (non-hydrogen) atoms. The predicted molar refractivity (Wildman–Crippen MR) is 82.2 cm³/mol. The van der Waals surface area contributed by atoms with Gasteiger partial charge in [-0.2, -0.15) is 5.26 Å². The van der Waals surface area contributed by atoms with Gasteiger partial charge in [0.2, 0.25) is 5.78 Å². The second-order valence-electron chi connectivity index (χ2n) is 4.71. The van der Waals surface area contributed by atoms with Crippen LogP contribution in [-0.2, 0) is 0 Å². The lowest BCUT2D eigenvalue weighted by atomic mass is 10.0. The molecule has 0 heterocycles. The summed E-state index contributed by atoms with van der Waals surface area (Å²) < 4.78 is 0. The van der Waals surface area contributed by atoms with Gasteiger partial charge in [-0.05, 0) is 30.7 Å². The Hall–Kier alpha value is -3.26. The maximum Gasteiger partial charge on any atom is 0.269 e. The lowest BCUT2D eigenvalue weighted by Crippen LogP contribution is -2.01. The van der Waals surface area contributed by atoms with Crippen LogP contribution in [0.25, 0.3) is 6.08 Å². The Balaban J connectivity index is 2.31. The number of benzene rings is 2. The summed E-state index contributed by atoms with van der Waals surface area (Å²) in [5.74, 6) is -0.374. The molecule has 0 amide bonds. The summed E-state index contributed by atoms with van der Waals surface area (Å²) in [6, 6.07) is 14.5. The van der Waals surface area contributed by atoms with Crippen LogP contribution in [0.3, 0.4) is 0 Å². The van der Waals surface area contributed by atoms with Crippen LogP contribution in [0.5, 0.6) is 0 Å². The smallest absolute Gasteiger partial charge is 0.269 e. The Morgan fingerprint density at radius 3 is 2.23 bits per heavy atom. The van der Waals surface area contributed by atoms with Crippen molar-refractivity contribution in [2.75, 3.05) is 0 Å². The van der Waals surface area contributed by atoms with Crippen LogP contribution < -0.4 is 0 Å². The predicted octanol–water partition coefficient (Wildman–Crippen LogP) is 3.69. The van der Waals surface area contributed by atoms with E-state index < -0.39 is 4.92 Å². The third-order valence-corrected chi connectivity index (χ3v) is 3.09. The molecule has 0 spiro atoms. The molecule has 5 heteroatoms. The van der Waals surface area contributed by atoms with Gasteiger partial charge in [0.15, 0.2) is 0 Å². The van der Waals surface area contributed by atoms with Gasteiger partial charge in [-0.25, -0.2) is 0 Å². The van der Waals surface area contributed by atoms with Gasteiger partial charge in [0.05, 0.1) is 4.92 Å². The number of hydrogen-bond acceptors (Lipinski definition) is 4. The fourth-order valence-electron chi connectivity index (χ4n) is 1.87. The van der Waals surface area contributed by atoms with Crippen LogP contribution in [0.2, 0.25) is 0 Å². The lowest BCUT2D eigenvalue weighted by Gasteiger charge is -2.01. The number of carbonyl (C=O) groups is 1. The normalized spacial score (nSPS) is 10.8. The molecule has 0 aliphatic heterocycles. The molecule has 0 unspecified atom stereocenters. The van der Waals surface area contributed by atoms with Crippen LogP contribution in [0.4, 0.5) is 5.69 Å². The number of nitro groups is 1. The van der Waals surface area contributed by atoms with E-state index in [1.165, 1.54) is 30.3 Å². The van der Waals surface area contributed by atoms with Crippen molar-refractivity contribution in [3.05, 3.63) is 80.9 Å². The molecule has 0 saturated heterocycles. The van der Waals surface area contributed by atoms with Crippen LogP contribution in [0.15, 0.2) is 54.1 Å². The van der Waals surface area contributed by atoms with Crippen molar-refractivity contribution in [1.82, 2.24) is 0 Å². The average molecular weight is 292 g/mol. The first-order chi connectivity index (χ1) is 10.5. The maximum absolute atomic E-state index is 12.3. The first-order valence-electron chi connectivity index (χ1n) is 6.49. The average Bonchev–Trinajstić information content (AvgIpc) is 2.53. The Kier molecular flexibility index (Phi) is 4.44. The Morgan fingerprint density at radius 1 is 1.14 bits per heavy atom. The maximum atomic E-state index is 12.3. The topological polar surface area (TPSA) is 84.0 Å². The number of carbonyl (C=O) groups excluding carboxylic acids is 1. The van der Waals surface area contributed by atoms with Gasteiger partial charge in [0.25, 0.3) is 5.69 Å². The third kappa shape index (κ3) is 3.44. The number of ketones is 1. The summed E-state index contributed by atoms with van der Waals surface area (Å²) in [5, 5.41) is 19.8. The highest BCUT2D eigenvalue weighted by atomic mass is 16.6. The van der Waals surface area contributed by atoms with E-state index in [1.54, 1.807) is 24.3 Å². The molecule has 0 aromatic heterocycles. The highest BCUT2D eigenvalue weighted by Crippen LogP contribution is 2.16. The van der Waals surface area contributed by atoms with E-state index in [9.17, 15) is 14.9 Å². The minimum atomic E-state index is -0.504. The van der Waals surface area contributed by atoms with E-state index in [4.69, 9.17) is 5.26 Å². The van der Waals surface area contributed by atoms with Crippen molar-refractivity contribution in [2.45, 2.75) is 6.92 Å². The molecule has 0 aliphatic rings. The van der Waals surface area contributed by atoms with E-state index in [-0.39, 0.29) is 17.0 Å². The van der Waals surface area contributed by atoms with Gasteiger partial charge >= 0.3 is 0 Å². The molecular formula is C17H12N2O3. The van der Waals surface area contributed by atoms with Crippen LogP contribution >= 0.6 is 0 Å². The quantitative estimate of drug-likeness (QED) is 0.283. The molecule has 2 aromatic rings. The highest BCUT2D eigenvalue weighted by molar-refractivity contribution is 6.14. The number of rotatable bonds is 4. The zero-order valence-corrected chi connectivity index (χ0v) is 11.8. The van der Waals surface area contributed by atoms with Crippen LogP contribution in [-0.4, -0.2) is 10.7 Å². The zero-order chi connectivity index (χ0) is 16.1. The summed E-state index contributed by atoms with van der Waals surface area (Å²) in [4.78, 5) is 22.4. The van der Waals surface area contributed by atoms with Crippen molar-refractivity contribution < 1.29 is 9.72 Å². The Labute approximate surface area is 127 Å². The monoisotopic (exact) mass is 292 g/mol. The first-order valence-corrected chi connectivity index (χ1v) is 6.49. The summed E-state index contributed by atoms with van der Waals surface area (Å²) in [7, 11) is 0. The van der Waals surface area contributed by atoms with Gasteiger partial charge < -0.3 is 0 Å². The first kappa shape index (κ1) is 15.1. The van der Waals surface area contributed by atoms with E-state index in [2.05, 4.69) is 0 Å². The Bertz CT molecular complexity index is 782. The number of nitriles is 1. The van der Waals surface area contributed by atoms with Crippen molar-refractivity contribution in [2.24, 2.45) is 0 Å². The largest absolute Gasteiger partial charge is 0.288 e. The number of hydrogen-bond donors (Lipinski definition) is 0. The van der Waals surface area contributed by atoms with Gasteiger partial charge in [-0.3, -0.25) is 14.9 Å². The molecule has 108 valence electrons. The number of aryl methyl sites for hydroxylation is 1. The van der Waals surface area contributed by atoms with Crippen molar-refractivity contribution in [3.8, 4) is 6.07 Å². The summed E-state index contributed by atoms with van der Waals surface area (Å²) in [6.45, 7) is 1.91. The molecular weight excluding hydrogens is 280 g/mol. The van der Waals surface area contributed by atoms with Gasteiger partial charge in [0, 0.05) is 17.7 Å². The van der Waals surface area contributed by atoms with Gasteiger partial charge in [-0.15, -0.1) is 0 Å². The van der Waals surface area contributed by atoms with Crippen molar-refractivity contribution >= 4 is 17.5 Å². The molecule has 0 saturated carbocycles. The van der Waals surface area contributed by atoms with Crippen LogP contribution in [0, 0.1) is 28.4 Å². The van der Waals surface area contributed by atoms with Crippen LogP contribution in [0.1, 0.15) is 21.5 Å². The fraction of sp³-hybridized carbons (Fsp3) is 0.0588. The van der Waals surface area contributed by atoms with E-state index in [1.807, 2.05) is 13.0 Å².